The van der Waals surface area contributed by atoms with E-state index in [0.717, 1.165) is 22.4 Å². The Morgan fingerprint density at radius 1 is 1.25 bits per heavy atom. The summed E-state index contributed by atoms with van der Waals surface area (Å²) in [5.74, 6) is 0.674. The van der Waals surface area contributed by atoms with E-state index in [1.807, 2.05) is 48.5 Å². The van der Waals surface area contributed by atoms with Gasteiger partial charge >= 0.3 is 0 Å². The van der Waals surface area contributed by atoms with E-state index in [4.69, 9.17) is 9.40 Å². The Hall–Kier alpha value is -3.45. The Morgan fingerprint density at radius 3 is 2.78 bits per heavy atom. The van der Waals surface area contributed by atoms with Crippen LogP contribution in [0.2, 0.25) is 0 Å². The Labute approximate surface area is 187 Å². The zero-order chi connectivity index (χ0) is 22.1. The molecule has 0 aliphatic heterocycles. The van der Waals surface area contributed by atoms with Gasteiger partial charge in [0.05, 0.1) is 29.1 Å². The van der Waals surface area contributed by atoms with Crippen molar-refractivity contribution in [2.45, 2.75) is 38.4 Å². The van der Waals surface area contributed by atoms with Crippen molar-refractivity contribution in [2.75, 3.05) is 13.6 Å². The number of rotatable bonds is 8. The van der Waals surface area contributed by atoms with Crippen molar-refractivity contribution >= 4 is 16.9 Å². The van der Waals surface area contributed by atoms with Gasteiger partial charge in [0.2, 0.25) is 0 Å². The number of aromatic nitrogens is 3. The molecule has 0 saturated heterocycles. The molecule has 32 heavy (non-hydrogen) atoms. The zero-order valence-electron chi connectivity index (χ0n) is 18.4. The molecule has 1 amide bonds. The fourth-order valence-electron chi connectivity index (χ4n) is 3.98. The number of carbonyl (C=O) groups excluding carboxylic acids is 1. The Balaban J connectivity index is 1.48. The molecule has 1 aromatic carbocycles. The number of pyridine rings is 1. The van der Waals surface area contributed by atoms with Crippen LogP contribution in [0.15, 0.2) is 65.4 Å². The second-order valence-electron chi connectivity index (χ2n) is 8.50. The maximum Gasteiger partial charge on any atom is 0.252 e. The standard InChI is InChI=1S/C25H27N5O2/c1-17(29(2)19-10-11-19)14-26-25(31)21-13-23(18-7-4-3-5-8-18)28-24-22(21)15-27-30(24)16-20-9-6-12-32-20/h3-9,12-13,15,17,19H,10-11,14,16H2,1-2H3,(H,26,31). The molecule has 1 unspecified atom stereocenters. The summed E-state index contributed by atoms with van der Waals surface area (Å²) in [4.78, 5) is 20.5. The van der Waals surface area contributed by atoms with Crippen molar-refractivity contribution in [3.05, 3.63) is 72.3 Å². The Bertz CT molecular complexity index is 1210. The summed E-state index contributed by atoms with van der Waals surface area (Å²) in [5, 5.41) is 8.37. The van der Waals surface area contributed by atoms with E-state index in [2.05, 4.69) is 29.3 Å². The van der Waals surface area contributed by atoms with Crippen LogP contribution in [0.4, 0.5) is 0 Å². The van der Waals surface area contributed by atoms with E-state index < -0.39 is 0 Å². The molecule has 1 aliphatic rings. The van der Waals surface area contributed by atoms with Crippen molar-refractivity contribution in [3.8, 4) is 11.3 Å². The first kappa shape index (κ1) is 20.5. The van der Waals surface area contributed by atoms with Crippen LogP contribution in [0.25, 0.3) is 22.3 Å². The van der Waals surface area contributed by atoms with Crippen molar-refractivity contribution in [1.82, 2.24) is 25.0 Å². The van der Waals surface area contributed by atoms with Gasteiger partial charge in [-0.1, -0.05) is 30.3 Å². The Kier molecular flexibility index (Phi) is 5.49. The maximum absolute atomic E-state index is 13.3. The highest BCUT2D eigenvalue weighted by atomic mass is 16.3. The first-order valence-corrected chi connectivity index (χ1v) is 11.0. The Morgan fingerprint density at radius 2 is 2.06 bits per heavy atom. The number of hydrogen-bond acceptors (Lipinski definition) is 5. The third kappa shape index (κ3) is 4.16. The highest BCUT2D eigenvalue weighted by molar-refractivity contribution is 6.06. The van der Waals surface area contributed by atoms with Crippen molar-refractivity contribution < 1.29 is 9.21 Å². The summed E-state index contributed by atoms with van der Waals surface area (Å²) in [5.41, 5.74) is 2.94. The molecule has 0 spiro atoms. The number of likely N-dealkylation sites (N-methyl/N-ethyl adjacent to an activating group) is 1. The summed E-state index contributed by atoms with van der Waals surface area (Å²) in [7, 11) is 2.13. The van der Waals surface area contributed by atoms with Crippen molar-refractivity contribution in [1.29, 1.82) is 0 Å². The van der Waals surface area contributed by atoms with E-state index in [0.29, 0.717) is 30.3 Å². The molecule has 3 heterocycles. The number of amides is 1. The molecule has 7 heteroatoms. The summed E-state index contributed by atoms with van der Waals surface area (Å²) >= 11 is 0. The van der Waals surface area contributed by atoms with Crippen LogP contribution in [-0.4, -0.2) is 51.2 Å². The van der Waals surface area contributed by atoms with Crippen LogP contribution in [0.1, 0.15) is 35.9 Å². The minimum absolute atomic E-state index is 0.108. The topological polar surface area (TPSA) is 76.2 Å². The number of hydrogen-bond donors (Lipinski definition) is 1. The first-order valence-electron chi connectivity index (χ1n) is 11.0. The fraction of sp³-hybridized carbons (Fsp3) is 0.320. The van der Waals surface area contributed by atoms with E-state index in [-0.39, 0.29) is 11.9 Å². The largest absolute Gasteiger partial charge is 0.467 e. The number of benzene rings is 1. The summed E-state index contributed by atoms with van der Waals surface area (Å²) in [6, 6.07) is 16.4. The molecule has 0 bridgehead atoms. The predicted molar refractivity (Wildman–Crippen MR) is 123 cm³/mol. The third-order valence-corrected chi connectivity index (χ3v) is 6.19. The number of furan rings is 1. The van der Waals surface area contributed by atoms with Crippen molar-refractivity contribution in [2.24, 2.45) is 0 Å². The van der Waals surface area contributed by atoms with Gasteiger partial charge in [0, 0.05) is 24.2 Å². The van der Waals surface area contributed by atoms with Gasteiger partial charge in [-0.2, -0.15) is 5.10 Å². The number of carbonyl (C=O) groups is 1. The minimum atomic E-state index is -0.108. The predicted octanol–water partition coefficient (Wildman–Crippen LogP) is 3.95. The van der Waals surface area contributed by atoms with Gasteiger partial charge in [0.25, 0.3) is 5.91 Å². The van der Waals surface area contributed by atoms with E-state index >= 15 is 0 Å². The SMILES string of the molecule is CC(CNC(=O)c1cc(-c2ccccc2)nc2c1cnn2Cc1ccco1)N(C)C1CC1. The first-order chi connectivity index (χ1) is 15.6. The molecule has 164 valence electrons. The monoisotopic (exact) mass is 429 g/mol. The van der Waals surface area contributed by atoms with Gasteiger partial charge in [-0.25, -0.2) is 9.67 Å². The molecule has 1 fully saturated rings. The van der Waals surface area contributed by atoms with Gasteiger partial charge in [-0.3, -0.25) is 9.69 Å². The molecule has 5 rings (SSSR count). The maximum atomic E-state index is 13.3. The molecule has 3 aromatic heterocycles. The van der Waals surface area contributed by atoms with Crippen LogP contribution in [0.5, 0.6) is 0 Å². The van der Waals surface area contributed by atoms with Gasteiger partial charge in [-0.05, 0) is 45.0 Å². The average Bonchev–Trinajstić information content (AvgIpc) is 3.41. The van der Waals surface area contributed by atoms with Crippen LogP contribution in [0, 0.1) is 0 Å². The number of fused-ring (bicyclic) bond motifs is 1. The fourth-order valence-corrected chi connectivity index (χ4v) is 3.98. The number of nitrogens with zero attached hydrogens (tertiary/aromatic N) is 4. The lowest BCUT2D eigenvalue weighted by molar-refractivity contribution is 0.0941. The summed E-state index contributed by atoms with van der Waals surface area (Å²) < 4.78 is 7.27. The smallest absolute Gasteiger partial charge is 0.252 e. The van der Waals surface area contributed by atoms with Gasteiger partial charge in [0.15, 0.2) is 5.65 Å². The summed E-state index contributed by atoms with van der Waals surface area (Å²) in [6.45, 7) is 3.19. The molecule has 7 nitrogen and oxygen atoms in total. The average molecular weight is 430 g/mol. The van der Waals surface area contributed by atoms with Crippen molar-refractivity contribution in [3.63, 3.8) is 0 Å². The lowest BCUT2D eigenvalue weighted by Crippen LogP contribution is -2.41. The molecule has 1 atom stereocenters. The lowest BCUT2D eigenvalue weighted by atomic mass is 10.1. The van der Waals surface area contributed by atoms with E-state index in [1.165, 1.54) is 12.8 Å². The quantitative estimate of drug-likeness (QED) is 0.459. The molecule has 4 aromatic rings. The minimum Gasteiger partial charge on any atom is -0.467 e. The molecule has 0 radical (unpaired) electrons. The van der Waals surface area contributed by atoms with Crippen LogP contribution < -0.4 is 5.32 Å². The second-order valence-corrected chi connectivity index (χ2v) is 8.50. The second kappa shape index (κ2) is 8.59. The zero-order valence-corrected chi connectivity index (χ0v) is 18.4. The summed E-state index contributed by atoms with van der Waals surface area (Å²) in [6.07, 6.45) is 5.85. The molecular formula is C25H27N5O2. The van der Waals surface area contributed by atoms with Crippen LogP contribution in [0.3, 0.4) is 0 Å². The van der Waals surface area contributed by atoms with Crippen LogP contribution >= 0.6 is 0 Å². The van der Waals surface area contributed by atoms with Crippen LogP contribution in [-0.2, 0) is 6.54 Å². The molecule has 1 aliphatic carbocycles. The number of nitrogens with one attached hydrogen (secondary N) is 1. The lowest BCUT2D eigenvalue weighted by Gasteiger charge is -2.24. The highest BCUT2D eigenvalue weighted by Crippen LogP contribution is 2.27. The molecule has 1 saturated carbocycles. The third-order valence-electron chi connectivity index (χ3n) is 6.19. The highest BCUT2D eigenvalue weighted by Gasteiger charge is 2.29. The van der Waals surface area contributed by atoms with Gasteiger partial charge < -0.3 is 9.73 Å². The van der Waals surface area contributed by atoms with E-state index in [9.17, 15) is 4.79 Å². The normalized spacial score (nSPS) is 14.7. The van der Waals surface area contributed by atoms with E-state index in [1.54, 1.807) is 17.1 Å². The molecular weight excluding hydrogens is 402 g/mol. The van der Waals surface area contributed by atoms with Gasteiger partial charge in [-0.15, -0.1) is 0 Å². The van der Waals surface area contributed by atoms with Gasteiger partial charge in [0.1, 0.15) is 12.3 Å². The molecule has 1 N–H and O–H groups in total.